The number of rotatable bonds is 5. The molecule has 0 bridgehead atoms. The maximum absolute atomic E-state index is 12.5. The first-order valence-electron chi connectivity index (χ1n) is 8.51. The van der Waals surface area contributed by atoms with Crippen LogP contribution in [0.5, 0.6) is 0 Å². The SMILES string of the molecule is O=S(=O)(Nn1ccc(-c2cc(Br)cc(-c3ccccc3)c2)n1)c1ccccc1. The van der Waals surface area contributed by atoms with Crippen molar-refractivity contribution in [1.29, 1.82) is 0 Å². The third-order valence-corrected chi connectivity index (χ3v) is 5.93. The molecule has 0 aliphatic heterocycles. The van der Waals surface area contributed by atoms with Gasteiger partial charge in [0.15, 0.2) is 0 Å². The van der Waals surface area contributed by atoms with Gasteiger partial charge in [0, 0.05) is 10.0 Å². The minimum absolute atomic E-state index is 0.181. The van der Waals surface area contributed by atoms with Gasteiger partial charge in [-0.25, -0.2) is 4.83 Å². The number of sulfonamides is 1. The summed E-state index contributed by atoms with van der Waals surface area (Å²) in [5.74, 6) is 0. The summed E-state index contributed by atoms with van der Waals surface area (Å²) in [5, 5.41) is 4.37. The van der Waals surface area contributed by atoms with Crippen LogP contribution in [0.25, 0.3) is 22.4 Å². The second kappa shape index (κ2) is 7.61. The van der Waals surface area contributed by atoms with Crippen LogP contribution in [0.3, 0.4) is 0 Å². The summed E-state index contributed by atoms with van der Waals surface area (Å²) in [4.78, 5) is 3.84. The normalized spacial score (nSPS) is 11.3. The lowest BCUT2D eigenvalue weighted by Crippen LogP contribution is -2.23. The van der Waals surface area contributed by atoms with Crippen molar-refractivity contribution in [3.63, 3.8) is 0 Å². The van der Waals surface area contributed by atoms with E-state index in [2.05, 4.69) is 25.9 Å². The van der Waals surface area contributed by atoms with Gasteiger partial charge in [-0.05, 0) is 47.5 Å². The molecule has 4 aromatic rings. The van der Waals surface area contributed by atoms with Gasteiger partial charge in [0.25, 0.3) is 10.0 Å². The van der Waals surface area contributed by atoms with Gasteiger partial charge in [0.05, 0.1) is 16.8 Å². The van der Waals surface area contributed by atoms with Crippen LogP contribution >= 0.6 is 15.9 Å². The van der Waals surface area contributed by atoms with E-state index < -0.39 is 10.0 Å². The highest BCUT2D eigenvalue weighted by Crippen LogP contribution is 2.29. The quantitative estimate of drug-likeness (QED) is 0.466. The summed E-state index contributed by atoms with van der Waals surface area (Å²) in [6.45, 7) is 0. The van der Waals surface area contributed by atoms with Gasteiger partial charge in [-0.2, -0.15) is 18.3 Å². The highest BCUT2D eigenvalue weighted by atomic mass is 79.9. The van der Waals surface area contributed by atoms with Crippen molar-refractivity contribution in [3.05, 3.63) is 95.6 Å². The van der Waals surface area contributed by atoms with E-state index in [0.717, 1.165) is 21.2 Å². The van der Waals surface area contributed by atoms with Crippen molar-refractivity contribution >= 4 is 26.0 Å². The first-order chi connectivity index (χ1) is 13.5. The summed E-state index contributed by atoms with van der Waals surface area (Å²) in [6, 6.07) is 26.0. The third-order valence-electron chi connectivity index (χ3n) is 4.16. The number of benzene rings is 3. The molecule has 28 heavy (non-hydrogen) atoms. The highest BCUT2D eigenvalue weighted by Gasteiger charge is 2.14. The van der Waals surface area contributed by atoms with Gasteiger partial charge in [-0.3, -0.25) is 0 Å². The minimum atomic E-state index is -3.70. The lowest BCUT2D eigenvalue weighted by molar-refractivity contribution is 0.592. The average Bonchev–Trinajstić information content (AvgIpc) is 3.17. The van der Waals surface area contributed by atoms with Crippen LogP contribution in [0.2, 0.25) is 0 Å². The molecule has 0 saturated heterocycles. The van der Waals surface area contributed by atoms with Crippen LogP contribution in [0.4, 0.5) is 0 Å². The number of hydrogen-bond donors (Lipinski definition) is 1. The Morgan fingerprint density at radius 2 is 1.43 bits per heavy atom. The number of aromatic nitrogens is 2. The molecule has 7 heteroatoms. The number of halogens is 1. The summed E-state index contributed by atoms with van der Waals surface area (Å²) in [7, 11) is -3.70. The molecule has 5 nitrogen and oxygen atoms in total. The van der Waals surface area contributed by atoms with E-state index in [4.69, 9.17) is 0 Å². The van der Waals surface area contributed by atoms with Crippen LogP contribution in [0, 0.1) is 0 Å². The fraction of sp³-hybridized carbons (Fsp3) is 0. The van der Waals surface area contributed by atoms with E-state index >= 15 is 0 Å². The smallest absolute Gasteiger partial charge is 0.200 e. The molecule has 0 atom stereocenters. The molecule has 1 N–H and O–H groups in total. The third kappa shape index (κ3) is 4.00. The number of nitrogens with one attached hydrogen (secondary N) is 1. The molecule has 140 valence electrons. The molecule has 0 aliphatic carbocycles. The monoisotopic (exact) mass is 453 g/mol. The van der Waals surface area contributed by atoms with E-state index in [1.165, 1.54) is 16.9 Å². The van der Waals surface area contributed by atoms with Gasteiger partial charge < -0.3 is 0 Å². The molecular weight excluding hydrogens is 438 g/mol. The first kappa shape index (κ1) is 18.5. The zero-order chi connectivity index (χ0) is 19.6. The van der Waals surface area contributed by atoms with Crippen molar-refractivity contribution in [2.24, 2.45) is 0 Å². The molecule has 0 unspecified atom stereocenters. The molecule has 0 aliphatic rings. The second-order valence-electron chi connectivity index (χ2n) is 6.15. The van der Waals surface area contributed by atoms with Crippen molar-refractivity contribution in [2.75, 3.05) is 4.83 Å². The molecule has 0 spiro atoms. The predicted molar refractivity (Wildman–Crippen MR) is 114 cm³/mol. The summed E-state index contributed by atoms with van der Waals surface area (Å²) < 4.78 is 25.8. The first-order valence-corrected chi connectivity index (χ1v) is 10.8. The molecule has 0 fully saturated rings. The average molecular weight is 454 g/mol. The van der Waals surface area contributed by atoms with E-state index in [1.54, 1.807) is 30.5 Å². The van der Waals surface area contributed by atoms with Crippen molar-refractivity contribution in [2.45, 2.75) is 4.90 Å². The van der Waals surface area contributed by atoms with Crippen molar-refractivity contribution in [3.8, 4) is 22.4 Å². The predicted octanol–water partition coefficient (Wildman–Crippen LogP) is 4.91. The van der Waals surface area contributed by atoms with E-state index in [9.17, 15) is 8.42 Å². The van der Waals surface area contributed by atoms with Crippen LogP contribution in [0.1, 0.15) is 0 Å². The Morgan fingerprint density at radius 1 is 0.786 bits per heavy atom. The summed E-state index contributed by atoms with van der Waals surface area (Å²) in [5.41, 5.74) is 3.68. The zero-order valence-electron chi connectivity index (χ0n) is 14.7. The largest absolute Gasteiger partial charge is 0.276 e. The van der Waals surface area contributed by atoms with E-state index in [0.29, 0.717) is 5.69 Å². The van der Waals surface area contributed by atoms with Crippen molar-refractivity contribution in [1.82, 2.24) is 9.89 Å². The lowest BCUT2D eigenvalue weighted by Gasteiger charge is -2.08. The van der Waals surface area contributed by atoms with Crippen LogP contribution < -0.4 is 4.83 Å². The Morgan fingerprint density at radius 3 is 2.14 bits per heavy atom. The Bertz CT molecular complexity index is 1210. The molecule has 3 aromatic carbocycles. The number of hydrogen-bond acceptors (Lipinski definition) is 3. The van der Waals surface area contributed by atoms with Crippen molar-refractivity contribution < 1.29 is 8.42 Å². The summed E-state index contributed by atoms with van der Waals surface area (Å²) >= 11 is 3.55. The fourth-order valence-electron chi connectivity index (χ4n) is 2.84. The maximum Gasteiger partial charge on any atom is 0.276 e. The number of nitrogens with zero attached hydrogens (tertiary/aromatic N) is 2. The topological polar surface area (TPSA) is 64.0 Å². The van der Waals surface area contributed by atoms with Gasteiger partial charge in [0.2, 0.25) is 0 Å². The second-order valence-corrected chi connectivity index (χ2v) is 8.72. The molecule has 0 radical (unpaired) electrons. The molecule has 0 amide bonds. The minimum Gasteiger partial charge on any atom is -0.200 e. The van der Waals surface area contributed by atoms with Crippen LogP contribution in [0.15, 0.2) is 100 Å². The fourth-order valence-corrected chi connectivity index (χ4v) is 4.30. The Labute approximate surface area is 171 Å². The molecular formula is C21H16BrN3O2S. The van der Waals surface area contributed by atoms with Crippen LogP contribution in [-0.4, -0.2) is 18.3 Å². The lowest BCUT2D eigenvalue weighted by atomic mass is 10.0. The van der Waals surface area contributed by atoms with E-state index in [1.807, 2.05) is 48.5 Å². The zero-order valence-corrected chi connectivity index (χ0v) is 17.1. The molecule has 1 aromatic heterocycles. The Hall–Kier alpha value is -2.90. The maximum atomic E-state index is 12.5. The van der Waals surface area contributed by atoms with Gasteiger partial charge in [-0.15, -0.1) is 0 Å². The summed E-state index contributed by atoms with van der Waals surface area (Å²) in [6.07, 6.45) is 1.58. The van der Waals surface area contributed by atoms with E-state index in [-0.39, 0.29) is 4.90 Å². The molecule has 0 saturated carbocycles. The Kier molecular flexibility index (Phi) is 5.02. The van der Waals surface area contributed by atoms with Gasteiger partial charge >= 0.3 is 0 Å². The Balaban J connectivity index is 1.64. The van der Waals surface area contributed by atoms with Gasteiger partial charge in [-0.1, -0.05) is 64.5 Å². The highest BCUT2D eigenvalue weighted by molar-refractivity contribution is 9.10. The van der Waals surface area contributed by atoms with Crippen LogP contribution in [-0.2, 0) is 10.0 Å². The standard InChI is InChI=1S/C21H16BrN3O2S/c22-19-14-17(16-7-3-1-4-8-16)13-18(15-19)21-11-12-25(23-21)24-28(26,27)20-9-5-2-6-10-20/h1-15,24H. The molecule has 4 rings (SSSR count). The molecule has 1 heterocycles. The van der Waals surface area contributed by atoms with Gasteiger partial charge in [0.1, 0.15) is 0 Å².